The summed E-state index contributed by atoms with van der Waals surface area (Å²) in [6.45, 7) is 0.290. The number of carbonyl (C=O) groups is 1. The summed E-state index contributed by atoms with van der Waals surface area (Å²) in [6, 6.07) is 18.9. The van der Waals surface area contributed by atoms with E-state index in [2.05, 4.69) is 20.9 Å². The summed E-state index contributed by atoms with van der Waals surface area (Å²) in [6.07, 6.45) is -3.88. The summed E-state index contributed by atoms with van der Waals surface area (Å²) in [7, 11) is 0. The largest absolute Gasteiger partial charge is 0.494 e. The number of nitrogens with one attached hydrogen (secondary N) is 2. The number of amides is 1. The summed E-state index contributed by atoms with van der Waals surface area (Å²) in [5, 5.41) is 12.6. The fourth-order valence-corrected chi connectivity index (χ4v) is 4.34. The third kappa shape index (κ3) is 7.78. The van der Waals surface area contributed by atoms with Crippen molar-refractivity contribution in [2.24, 2.45) is 10.1 Å². The van der Waals surface area contributed by atoms with E-state index in [1.807, 2.05) is 0 Å². The van der Waals surface area contributed by atoms with E-state index in [1.165, 1.54) is 12.1 Å². The van der Waals surface area contributed by atoms with Gasteiger partial charge in [0.25, 0.3) is 5.91 Å². The first-order valence-electron chi connectivity index (χ1n) is 13.1. The summed E-state index contributed by atoms with van der Waals surface area (Å²) >= 11 is 0. The Kier molecular flexibility index (Phi) is 10.0. The average Bonchev–Trinajstić information content (AvgIpc) is 3.42. The van der Waals surface area contributed by atoms with E-state index in [-0.39, 0.29) is 38.6 Å². The number of aliphatic hydroxyl groups excluding tert-OH is 1. The molecule has 3 N–H and O–H groups in total. The molecule has 0 spiro atoms. The highest BCUT2D eigenvalue weighted by Gasteiger charge is 2.45. The Balaban J connectivity index is 1.56. The highest BCUT2D eigenvalue weighted by Crippen LogP contribution is 2.30. The molecule has 3 aromatic rings. The molecule has 0 saturated heterocycles. The smallest absolute Gasteiger partial charge is 0.416 e. The second-order valence-electron chi connectivity index (χ2n) is 9.53. The summed E-state index contributed by atoms with van der Waals surface area (Å²) in [4.78, 5) is 21.1. The second-order valence-corrected chi connectivity index (χ2v) is 9.53. The van der Waals surface area contributed by atoms with Crippen LogP contribution in [0.15, 0.2) is 82.9 Å². The Morgan fingerprint density at radius 1 is 1.12 bits per heavy atom. The number of rotatable bonds is 13. The van der Waals surface area contributed by atoms with Gasteiger partial charge in [0.05, 0.1) is 18.7 Å². The van der Waals surface area contributed by atoms with Gasteiger partial charge in [-0.15, -0.1) is 0 Å². The van der Waals surface area contributed by atoms with Crippen molar-refractivity contribution in [2.75, 3.05) is 19.8 Å². The number of hydrazine groups is 1. The van der Waals surface area contributed by atoms with Crippen molar-refractivity contribution in [1.29, 1.82) is 0 Å². The highest BCUT2D eigenvalue weighted by atomic mass is 19.4. The van der Waals surface area contributed by atoms with Crippen LogP contribution in [-0.4, -0.2) is 42.3 Å². The number of hydrogen-bond donors (Lipinski definition) is 3. The maximum Gasteiger partial charge on any atom is 0.416 e. The van der Waals surface area contributed by atoms with Crippen molar-refractivity contribution < 1.29 is 32.5 Å². The number of halogens is 3. The molecule has 0 fully saturated rings. The Morgan fingerprint density at radius 2 is 1.88 bits per heavy atom. The third-order valence-corrected chi connectivity index (χ3v) is 6.51. The van der Waals surface area contributed by atoms with E-state index in [0.717, 1.165) is 17.7 Å². The van der Waals surface area contributed by atoms with Crippen LogP contribution in [-0.2, 0) is 35.2 Å². The topological polar surface area (TPSA) is 141 Å². The Bertz CT molecular complexity index is 1460. The molecule has 4 rings (SSSR count). The molecule has 1 amide bonds. The van der Waals surface area contributed by atoms with Crippen molar-refractivity contribution in [3.05, 3.63) is 111 Å². The Labute approximate surface area is 239 Å². The Hall–Kier alpha value is -4.58. The lowest BCUT2D eigenvalue weighted by atomic mass is 9.89. The molecule has 3 aromatic carbocycles. The molecule has 1 atom stereocenters. The van der Waals surface area contributed by atoms with E-state index in [0.29, 0.717) is 35.5 Å². The van der Waals surface area contributed by atoms with Gasteiger partial charge in [-0.05, 0) is 52.6 Å². The molecule has 0 radical (unpaired) electrons. The standard InChI is InChI=1S/C29H29F3N6O4/c30-29(31,32)24-8-3-5-20(15-24)17-34-37-27(40)28(16-22-6-1-2-7-23(22)18-35-38-33)19-42-26(36-28)21-9-11-25(12-10-21)41-14-4-13-39/h1-3,5-12,15,34,39H,4,13-14,16-19H2,(H,37,40)/t28-/m0/s1. The first kappa shape index (κ1) is 30.4. The van der Waals surface area contributed by atoms with Gasteiger partial charge in [-0.1, -0.05) is 47.6 Å². The van der Waals surface area contributed by atoms with Gasteiger partial charge >= 0.3 is 6.18 Å². The van der Waals surface area contributed by atoms with Gasteiger partial charge < -0.3 is 14.6 Å². The number of hydrogen-bond acceptors (Lipinski definition) is 7. The number of carbonyl (C=O) groups excluding carboxylic acids is 1. The van der Waals surface area contributed by atoms with Gasteiger partial charge in [0.1, 0.15) is 12.4 Å². The number of alkyl halides is 3. The number of azide groups is 1. The minimum absolute atomic E-state index is 0.0215. The second kappa shape index (κ2) is 13.9. The number of aliphatic hydroxyl groups is 1. The summed E-state index contributed by atoms with van der Waals surface area (Å²) in [5.41, 5.74) is 14.2. The molecule has 1 heterocycles. The first-order chi connectivity index (χ1) is 20.2. The van der Waals surface area contributed by atoms with Crippen LogP contribution in [0.1, 0.15) is 34.2 Å². The van der Waals surface area contributed by atoms with E-state index in [1.54, 1.807) is 48.5 Å². The predicted octanol–water partition coefficient (Wildman–Crippen LogP) is 4.86. The van der Waals surface area contributed by atoms with Gasteiger partial charge in [0, 0.05) is 36.5 Å². The number of nitrogens with zero attached hydrogens (tertiary/aromatic N) is 4. The van der Waals surface area contributed by atoms with Crippen LogP contribution in [0.2, 0.25) is 0 Å². The maximum absolute atomic E-state index is 13.6. The maximum atomic E-state index is 13.6. The van der Waals surface area contributed by atoms with Crippen LogP contribution in [0.4, 0.5) is 13.2 Å². The first-order valence-corrected chi connectivity index (χ1v) is 13.1. The molecule has 0 aliphatic carbocycles. The molecule has 1 aliphatic rings. The summed E-state index contributed by atoms with van der Waals surface area (Å²) < 4.78 is 50.8. The Morgan fingerprint density at radius 3 is 2.60 bits per heavy atom. The predicted molar refractivity (Wildman–Crippen MR) is 148 cm³/mol. The zero-order chi connectivity index (χ0) is 30.0. The monoisotopic (exact) mass is 582 g/mol. The zero-order valence-electron chi connectivity index (χ0n) is 22.5. The van der Waals surface area contributed by atoms with Crippen LogP contribution < -0.4 is 15.6 Å². The van der Waals surface area contributed by atoms with Gasteiger partial charge in [-0.2, -0.15) is 13.2 Å². The van der Waals surface area contributed by atoms with E-state index >= 15 is 0 Å². The number of benzene rings is 3. The molecule has 1 aliphatic heterocycles. The molecular weight excluding hydrogens is 553 g/mol. The fourth-order valence-electron chi connectivity index (χ4n) is 4.34. The molecule has 0 saturated carbocycles. The minimum atomic E-state index is -4.48. The average molecular weight is 583 g/mol. The molecule has 10 nitrogen and oxygen atoms in total. The quantitative estimate of drug-likeness (QED) is 0.0868. The highest BCUT2D eigenvalue weighted by molar-refractivity contribution is 6.00. The lowest BCUT2D eigenvalue weighted by molar-refractivity contribution is -0.137. The van der Waals surface area contributed by atoms with E-state index in [9.17, 15) is 18.0 Å². The fraction of sp³-hybridized carbons (Fsp3) is 0.310. The lowest BCUT2D eigenvalue weighted by Gasteiger charge is -2.24. The molecule has 13 heteroatoms. The molecule has 0 bridgehead atoms. The van der Waals surface area contributed by atoms with Crippen LogP contribution in [0.25, 0.3) is 10.4 Å². The normalized spacial score (nSPS) is 16.2. The number of ether oxygens (including phenoxy) is 2. The SMILES string of the molecule is [N-]=[N+]=NCc1ccccc1C[C@@]1(C(=O)NNCc2cccc(C(F)(F)F)c2)COC(c2ccc(OCCCO)cc2)=N1. The van der Waals surface area contributed by atoms with Crippen molar-refractivity contribution in [1.82, 2.24) is 10.9 Å². The zero-order valence-corrected chi connectivity index (χ0v) is 22.5. The molecule has 42 heavy (non-hydrogen) atoms. The minimum Gasteiger partial charge on any atom is -0.494 e. The van der Waals surface area contributed by atoms with Crippen molar-refractivity contribution in [3.63, 3.8) is 0 Å². The molecule has 0 unspecified atom stereocenters. The van der Waals surface area contributed by atoms with Gasteiger partial charge in [0.15, 0.2) is 5.54 Å². The summed E-state index contributed by atoms with van der Waals surface area (Å²) in [5.74, 6) is 0.282. The van der Waals surface area contributed by atoms with Crippen molar-refractivity contribution in [3.8, 4) is 5.75 Å². The third-order valence-electron chi connectivity index (χ3n) is 6.51. The van der Waals surface area contributed by atoms with Crippen LogP contribution in [0, 0.1) is 0 Å². The van der Waals surface area contributed by atoms with Crippen molar-refractivity contribution in [2.45, 2.75) is 37.6 Å². The van der Waals surface area contributed by atoms with Crippen LogP contribution in [0.3, 0.4) is 0 Å². The van der Waals surface area contributed by atoms with Gasteiger partial charge in [-0.25, -0.2) is 10.4 Å². The number of aliphatic imine (C=N–C) groups is 1. The van der Waals surface area contributed by atoms with Gasteiger partial charge in [0.2, 0.25) is 5.90 Å². The van der Waals surface area contributed by atoms with E-state index in [4.69, 9.17) is 25.1 Å². The van der Waals surface area contributed by atoms with Crippen molar-refractivity contribution >= 4 is 11.8 Å². The molecule has 0 aromatic heterocycles. The molecule has 220 valence electrons. The van der Waals surface area contributed by atoms with Crippen LogP contribution >= 0.6 is 0 Å². The molecular formula is C29H29F3N6O4. The lowest BCUT2D eigenvalue weighted by Crippen LogP contribution is -2.52. The van der Waals surface area contributed by atoms with Gasteiger partial charge in [-0.3, -0.25) is 10.2 Å². The van der Waals surface area contributed by atoms with Crippen LogP contribution in [0.5, 0.6) is 5.75 Å². The van der Waals surface area contributed by atoms with E-state index < -0.39 is 23.2 Å².